The first-order valence-electron chi connectivity index (χ1n) is 4.03. The Bertz CT molecular complexity index is 262. The zero-order valence-electron chi connectivity index (χ0n) is 7.99. The van der Waals surface area contributed by atoms with Crippen LogP contribution in [0.4, 0.5) is 0 Å². The molecule has 0 spiro atoms. The van der Waals surface area contributed by atoms with Crippen LogP contribution < -0.4 is 5.73 Å². The van der Waals surface area contributed by atoms with Gasteiger partial charge in [0, 0.05) is 19.3 Å². The van der Waals surface area contributed by atoms with E-state index >= 15 is 0 Å². The van der Waals surface area contributed by atoms with Gasteiger partial charge in [-0.1, -0.05) is 19.1 Å². The molecule has 0 amide bonds. The third-order valence-electron chi connectivity index (χ3n) is 1.60. The van der Waals surface area contributed by atoms with Crippen molar-refractivity contribution in [3.8, 4) is 0 Å². The van der Waals surface area contributed by atoms with Gasteiger partial charge in [-0.05, 0) is 6.54 Å². The summed E-state index contributed by atoms with van der Waals surface area (Å²) < 4.78 is 21.7. The molecule has 0 aromatic heterocycles. The van der Waals surface area contributed by atoms with Crippen LogP contribution in [0.3, 0.4) is 0 Å². The smallest absolute Gasteiger partial charge is 0.148 e. The summed E-state index contributed by atoms with van der Waals surface area (Å²) >= 11 is 4.73. The number of thiocarbonyl (C=S) groups is 1. The Labute approximate surface area is 85.0 Å². The van der Waals surface area contributed by atoms with Gasteiger partial charge in [0.05, 0.1) is 10.7 Å². The topological polar surface area (TPSA) is 63.4 Å². The van der Waals surface area contributed by atoms with Crippen LogP contribution in [0.1, 0.15) is 6.92 Å². The molecule has 0 radical (unpaired) electrons. The molecule has 0 aromatic rings. The SMILES string of the molecule is CCN(CCS(C)(=O)=O)CC(N)=S. The molecule has 0 aromatic carbocycles. The second kappa shape index (κ2) is 5.51. The van der Waals surface area contributed by atoms with E-state index in [0.29, 0.717) is 18.1 Å². The quantitative estimate of drug-likeness (QED) is 0.624. The Morgan fingerprint density at radius 1 is 1.54 bits per heavy atom. The first kappa shape index (κ1) is 12.8. The van der Waals surface area contributed by atoms with Crippen LogP contribution in [0.5, 0.6) is 0 Å². The van der Waals surface area contributed by atoms with Gasteiger partial charge in [-0.3, -0.25) is 4.90 Å². The van der Waals surface area contributed by atoms with Gasteiger partial charge >= 0.3 is 0 Å². The lowest BCUT2D eigenvalue weighted by Gasteiger charge is -2.18. The lowest BCUT2D eigenvalue weighted by molar-refractivity contribution is 0.348. The van der Waals surface area contributed by atoms with Crippen molar-refractivity contribution in [2.24, 2.45) is 5.73 Å². The highest BCUT2D eigenvalue weighted by Crippen LogP contribution is 1.91. The molecule has 0 fully saturated rings. The molecule has 13 heavy (non-hydrogen) atoms. The number of rotatable bonds is 6. The number of hydrogen-bond donors (Lipinski definition) is 1. The highest BCUT2D eigenvalue weighted by atomic mass is 32.2. The summed E-state index contributed by atoms with van der Waals surface area (Å²) in [7, 11) is -2.89. The van der Waals surface area contributed by atoms with Crippen LogP contribution in [-0.2, 0) is 9.84 Å². The van der Waals surface area contributed by atoms with Crippen LogP contribution >= 0.6 is 12.2 Å². The zero-order chi connectivity index (χ0) is 10.5. The Morgan fingerprint density at radius 3 is 2.38 bits per heavy atom. The van der Waals surface area contributed by atoms with E-state index in [1.54, 1.807) is 0 Å². The molecule has 2 N–H and O–H groups in total. The molecule has 0 atom stereocenters. The Kier molecular flexibility index (Phi) is 5.43. The second-order valence-corrected chi connectivity index (χ2v) is 5.75. The van der Waals surface area contributed by atoms with Gasteiger partial charge in [-0.25, -0.2) is 8.42 Å². The van der Waals surface area contributed by atoms with E-state index in [4.69, 9.17) is 18.0 Å². The Balaban J connectivity index is 3.93. The minimum absolute atomic E-state index is 0.156. The minimum atomic E-state index is -2.89. The highest BCUT2D eigenvalue weighted by molar-refractivity contribution is 7.90. The van der Waals surface area contributed by atoms with E-state index in [0.717, 1.165) is 6.54 Å². The van der Waals surface area contributed by atoms with E-state index in [2.05, 4.69) is 0 Å². The van der Waals surface area contributed by atoms with E-state index < -0.39 is 9.84 Å². The maximum absolute atomic E-state index is 10.8. The standard InChI is InChI=1S/C7H16N2O2S2/c1-3-9(6-7(8)12)4-5-13(2,10)11/h3-6H2,1-2H3,(H2,8,12). The number of sulfone groups is 1. The summed E-state index contributed by atoms with van der Waals surface area (Å²) in [5, 5.41) is 0. The Hall–Kier alpha value is -0.200. The molecule has 0 saturated heterocycles. The van der Waals surface area contributed by atoms with Crippen molar-refractivity contribution >= 4 is 27.0 Å². The van der Waals surface area contributed by atoms with Crippen LogP contribution in [0, 0.1) is 0 Å². The van der Waals surface area contributed by atoms with E-state index in [1.165, 1.54) is 6.26 Å². The highest BCUT2D eigenvalue weighted by Gasteiger charge is 2.07. The fraction of sp³-hybridized carbons (Fsp3) is 0.857. The maximum atomic E-state index is 10.8. The summed E-state index contributed by atoms with van der Waals surface area (Å²) in [6.45, 7) is 3.68. The van der Waals surface area contributed by atoms with Gasteiger partial charge in [-0.2, -0.15) is 0 Å². The first-order valence-corrected chi connectivity index (χ1v) is 6.50. The lowest BCUT2D eigenvalue weighted by atomic mass is 10.5. The van der Waals surface area contributed by atoms with Gasteiger partial charge in [0.1, 0.15) is 9.84 Å². The summed E-state index contributed by atoms with van der Waals surface area (Å²) in [6.07, 6.45) is 1.22. The maximum Gasteiger partial charge on any atom is 0.148 e. The average Bonchev–Trinajstić information content (AvgIpc) is 1.95. The van der Waals surface area contributed by atoms with Gasteiger partial charge in [0.25, 0.3) is 0 Å². The van der Waals surface area contributed by atoms with Crippen LogP contribution in [0.15, 0.2) is 0 Å². The number of hydrogen-bond acceptors (Lipinski definition) is 4. The van der Waals surface area contributed by atoms with Gasteiger partial charge in [-0.15, -0.1) is 0 Å². The fourth-order valence-corrected chi connectivity index (χ4v) is 1.64. The molecule has 0 aliphatic carbocycles. The predicted molar refractivity (Wildman–Crippen MR) is 58.6 cm³/mol. The molecule has 0 aliphatic heterocycles. The first-order chi connectivity index (χ1) is 5.85. The van der Waals surface area contributed by atoms with Gasteiger partial charge in [0.15, 0.2) is 0 Å². The molecule has 6 heteroatoms. The largest absolute Gasteiger partial charge is 0.392 e. The van der Waals surface area contributed by atoms with Crippen LogP contribution in [-0.4, -0.2) is 49.9 Å². The lowest BCUT2D eigenvalue weighted by Crippen LogP contribution is -2.35. The molecular weight excluding hydrogens is 208 g/mol. The molecular formula is C7H16N2O2S2. The minimum Gasteiger partial charge on any atom is -0.392 e. The summed E-state index contributed by atoms with van der Waals surface area (Å²) in [4.78, 5) is 2.30. The fourth-order valence-electron chi connectivity index (χ4n) is 0.864. The molecule has 0 heterocycles. The molecule has 0 aliphatic rings. The summed E-state index contributed by atoms with van der Waals surface area (Å²) in [6, 6.07) is 0. The van der Waals surface area contributed by atoms with Crippen molar-refractivity contribution in [2.75, 3.05) is 31.6 Å². The molecule has 0 bridgehead atoms. The third kappa shape index (κ3) is 8.14. The molecule has 4 nitrogen and oxygen atoms in total. The van der Waals surface area contributed by atoms with Crippen molar-refractivity contribution in [1.29, 1.82) is 0 Å². The third-order valence-corrected chi connectivity index (χ3v) is 2.66. The molecule has 0 saturated carbocycles. The number of nitrogens with two attached hydrogens (primary N) is 1. The molecule has 0 unspecified atom stereocenters. The van der Waals surface area contributed by atoms with Crippen LogP contribution in [0.2, 0.25) is 0 Å². The molecule has 78 valence electrons. The monoisotopic (exact) mass is 224 g/mol. The predicted octanol–water partition coefficient (Wildman–Crippen LogP) is -0.361. The van der Waals surface area contributed by atoms with Crippen molar-refractivity contribution < 1.29 is 8.42 Å². The summed E-state index contributed by atoms with van der Waals surface area (Å²) in [5.74, 6) is 0.156. The van der Waals surface area contributed by atoms with E-state index in [-0.39, 0.29) is 5.75 Å². The normalized spacial score (nSPS) is 11.9. The summed E-state index contributed by atoms with van der Waals surface area (Å²) in [5.41, 5.74) is 5.35. The average molecular weight is 224 g/mol. The Morgan fingerprint density at radius 2 is 2.08 bits per heavy atom. The van der Waals surface area contributed by atoms with E-state index in [1.807, 2.05) is 11.8 Å². The molecule has 0 rings (SSSR count). The van der Waals surface area contributed by atoms with Crippen molar-refractivity contribution in [3.63, 3.8) is 0 Å². The number of nitrogens with zero attached hydrogens (tertiary/aromatic N) is 1. The van der Waals surface area contributed by atoms with Gasteiger partial charge in [0.2, 0.25) is 0 Å². The number of likely N-dealkylation sites (N-methyl/N-ethyl adjacent to an activating group) is 1. The van der Waals surface area contributed by atoms with Crippen molar-refractivity contribution in [3.05, 3.63) is 0 Å². The second-order valence-electron chi connectivity index (χ2n) is 2.96. The van der Waals surface area contributed by atoms with Crippen molar-refractivity contribution in [2.45, 2.75) is 6.92 Å². The van der Waals surface area contributed by atoms with E-state index in [9.17, 15) is 8.42 Å². The van der Waals surface area contributed by atoms with Crippen LogP contribution in [0.25, 0.3) is 0 Å². The van der Waals surface area contributed by atoms with Crippen molar-refractivity contribution in [1.82, 2.24) is 4.90 Å². The zero-order valence-corrected chi connectivity index (χ0v) is 9.62. The van der Waals surface area contributed by atoms with Gasteiger partial charge < -0.3 is 5.73 Å².